The van der Waals surface area contributed by atoms with Gasteiger partial charge in [-0.1, -0.05) is 0 Å². The fourth-order valence-corrected chi connectivity index (χ4v) is 1.14. The van der Waals surface area contributed by atoms with E-state index >= 15 is 0 Å². The molecule has 0 fully saturated rings. The van der Waals surface area contributed by atoms with Crippen molar-refractivity contribution in [3.63, 3.8) is 0 Å². The fraction of sp³-hybridized carbons (Fsp3) is 1.00. The van der Waals surface area contributed by atoms with Gasteiger partial charge in [0, 0.05) is 32.3 Å². The highest BCUT2D eigenvalue weighted by Crippen LogP contribution is 1.98. The maximum absolute atomic E-state index is 5.72. The van der Waals surface area contributed by atoms with Gasteiger partial charge in [-0.15, -0.1) is 0 Å². The molecule has 0 amide bonds. The molecule has 0 aliphatic rings. The average molecular weight is 174 g/mol. The number of nitrogens with two attached hydrogens (primary N) is 1. The molecule has 0 heterocycles. The first-order valence-corrected chi connectivity index (χ1v) is 4.56. The van der Waals surface area contributed by atoms with Crippen LogP contribution in [-0.2, 0) is 4.74 Å². The zero-order valence-electron chi connectivity index (χ0n) is 8.71. The van der Waals surface area contributed by atoms with Crippen LogP contribution in [0.3, 0.4) is 0 Å². The van der Waals surface area contributed by atoms with Crippen molar-refractivity contribution >= 4 is 0 Å². The van der Waals surface area contributed by atoms with Crippen LogP contribution >= 0.6 is 0 Å². The highest BCUT2D eigenvalue weighted by atomic mass is 16.5. The largest absolute Gasteiger partial charge is 0.383 e. The molecule has 12 heavy (non-hydrogen) atoms. The second-order valence-electron chi connectivity index (χ2n) is 3.56. The Morgan fingerprint density at radius 3 is 2.25 bits per heavy atom. The minimum absolute atomic E-state index is 0.240. The van der Waals surface area contributed by atoms with Crippen molar-refractivity contribution < 1.29 is 4.74 Å². The van der Waals surface area contributed by atoms with E-state index in [9.17, 15) is 0 Å². The van der Waals surface area contributed by atoms with Gasteiger partial charge in [0.15, 0.2) is 0 Å². The molecule has 3 nitrogen and oxygen atoms in total. The van der Waals surface area contributed by atoms with Crippen molar-refractivity contribution in [3.8, 4) is 0 Å². The Bertz CT molecular complexity index is 105. The molecule has 0 aromatic carbocycles. The monoisotopic (exact) mass is 174 g/mol. The van der Waals surface area contributed by atoms with Crippen molar-refractivity contribution in [1.82, 2.24) is 4.90 Å². The van der Waals surface area contributed by atoms with Crippen LogP contribution in [0.15, 0.2) is 0 Å². The summed E-state index contributed by atoms with van der Waals surface area (Å²) in [4.78, 5) is 2.33. The average Bonchev–Trinajstić information content (AvgIpc) is 1.96. The van der Waals surface area contributed by atoms with Gasteiger partial charge in [-0.3, -0.25) is 4.90 Å². The van der Waals surface area contributed by atoms with E-state index in [1.807, 2.05) is 6.92 Å². The summed E-state index contributed by atoms with van der Waals surface area (Å²) in [7, 11) is 1.73. The third-order valence-corrected chi connectivity index (χ3v) is 1.84. The number of rotatable bonds is 6. The lowest BCUT2D eigenvalue weighted by Crippen LogP contribution is -2.41. The zero-order valence-corrected chi connectivity index (χ0v) is 8.71. The summed E-state index contributed by atoms with van der Waals surface area (Å²) in [5.74, 6) is 0. The molecule has 0 saturated heterocycles. The summed E-state index contributed by atoms with van der Waals surface area (Å²) in [6.07, 6.45) is 0. The molecule has 0 spiro atoms. The predicted molar refractivity (Wildman–Crippen MR) is 52.2 cm³/mol. The van der Waals surface area contributed by atoms with Crippen LogP contribution < -0.4 is 5.73 Å². The summed E-state index contributed by atoms with van der Waals surface area (Å²) in [5, 5.41) is 0. The number of ether oxygens (including phenoxy) is 1. The van der Waals surface area contributed by atoms with E-state index in [0.29, 0.717) is 6.04 Å². The van der Waals surface area contributed by atoms with Crippen molar-refractivity contribution in [1.29, 1.82) is 0 Å². The fourth-order valence-electron chi connectivity index (χ4n) is 1.14. The lowest BCUT2D eigenvalue weighted by molar-refractivity contribution is 0.126. The highest BCUT2D eigenvalue weighted by Gasteiger charge is 2.10. The molecule has 2 N–H and O–H groups in total. The minimum atomic E-state index is 0.240. The van der Waals surface area contributed by atoms with E-state index < -0.39 is 0 Å². The Morgan fingerprint density at radius 1 is 1.33 bits per heavy atom. The molecule has 0 saturated carbocycles. The van der Waals surface area contributed by atoms with Crippen molar-refractivity contribution in [3.05, 3.63) is 0 Å². The van der Waals surface area contributed by atoms with E-state index in [0.717, 1.165) is 19.7 Å². The third-order valence-electron chi connectivity index (χ3n) is 1.84. The SMILES string of the molecule is COCCN(C[C@H](C)N)C(C)C. The third kappa shape index (κ3) is 5.52. The van der Waals surface area contributed by atoms with E-state index in [-0.39, 0.29) is 6.04 Å². The Balaban J connectivity index is 3.70. The van der Waals surface area contributed by atoms with Crippen LogP contribution in [0, 0.1) is 0 Å². The molecule has 0 aliphatic carbocycles. The lowest BCUT2D eigenvalue weighted by atomic mass is 10.2. The van der Waals surface area contributed by atoms with Crippen molar-refractivity contribution in [2.75, 3.05) is 26.8 Å². The van der Waals surface area contributed by atoms with Crippen LogP contribution in [0.4, 0.5) is 0 Å². The van der Waals surface area contributed by atoms with Gasteiger partial charge in [-0.2, -0.15) is 0 Å². The van der Waals surface area contributed by atoms with E-state index in [2.05, 4.69) is 18.7 Å². The Labute approximate surface area is 75.9 Å². The first-order valence-electron chi connectivity index (χ1n) is 4.56. The number of hydrogen-bond donors (Lipinski definition) is 1. The van der Waals surface area contributed by atoms with Crippen molar-refractivity contribution in [2.24, 2.45) is 5.73 Å². The molecule has 3 heteroatoms. The Hall–Kier alpha value is -0.120. The molecular formula is C9H22N2O. The maximum atomic E-state index is 5.72. The molecule has 0 aliphatic heterocycles. The first kappa shape index (κ1) is 11.9. The minimum Gasteiger partial charge on any atom is -0.383 e. The molecular weight excluding hydrogens is 152 g/mol. The molecule has 0 bridgehead atoms. The standard InChI is InChI=1S/C9H22N2O/c1-8(2)11(5-6-12-4)7-9(3)10/h8-9H,5-7,10H2,1-4H3/t9-/m0/s1. The second-order valence-corrected chi connectivity index (χ2v) is 3.56. The number of hydrogen-bond acceptors (Lipinski definition) is 3. The summed E-state index contributed by atoms with van der Waals surface area (Å²) in [6, 6.07) is 0.787. The Morgan fingerprint density at radius 2 is 1.92 bits per heavy atom. The first-order chi connectivity index (χ1) is 5.57. The molecule has 0 unspecified atom stereocenters. The number of nitrogens with zero attached hydrogens (tertiary/aromatic N) is 1. The topological polar surface area (TPSA) is 38.5 Å². The molecule has 0 aromatic rings. The molecule has 0 radical (unpaired) electrons. The molecule has 1 atom stereocenters. The van der Waals surface area contributed by atoms with E-state index in [1.165, 1.54) is 0 Å². The summed E-state index contributed by atoms with van der Waals surface area (Å²) in [6.45, 7) is 9.08. The Kier molecular flexibility index (Phi) is 6.34. The highest BCUT2D eigenvalue weighted by molar-refractivity contribution is 4.67. The van der Waals surface area contributed by atoms with Gasteiger partial charge in [-0.25, -0.2) is 0 Å². The second kappa shape index (κ2) is 6.40. The normalized spacial score (nSPS) is 14.2. The summed E-state index contributed by atoms with van der Waals surface area (Å²) < 4.78 is 5.02. The van der Waals surface area contributed by atoms with E-state index in [4.69, 9.17) is 10.5 Å². The van der Waals surface area contributed by atoms with Gasteiger partial charge in [0.1, 0.15) is 0 Å². The van der Waals surface area contributed by atoms with Crippen LogP contribution in [0.5, 0.6) is 0 Å². The van der Waals surface area contributed by atoms with Gasteiger partial charge in [-0.05, 0) is 20.8 Å². The van der Waals surface area contributed by atoms with Gasteiger partial charge in [0.25, 0.3) is 0 Å². The van der Waals surface area contributed by atoms with Crippen LogP contribution in [-0.4, -0.2) is 43.8 Å². The zero-order chi connectivity index (χ0) is 9.56. The van der Waals surface area contributed by atoms with Crippen molar-refractivity contribution in [2.45, 2.75) is 32.9 Å². The summed E-state index contributed by atoms with van der Waals surface area (Å²) >= 11 is 0. The molecule has 0 aromatic heterocycles. The smallest absolute Gasteiger partial charge is 0.0589 e. The van der Waals surface area contributed by atoms with Gasteiger partial charge in [0.2, 0.25) is 0 Å². The van der Waals surface area contributed by atoms with Crippen LogP contribution in [0.2, 0.25) is 0 Å². The van der Waals surface area contributed by atoms with Crippen LogP contribution in [0.1, 0.15) is 20.8 Å². The van der Waals surface area contributed by atoms with Gasteiger partial charge >= 0.3 is 0 Å². The van der Waals surface area contributed by atoms with Gasteiger partial charge in [0.05, 0.1) is 6.61 Å². The predicted octanol–water partition coefficient (Wildman–Crippen LogP) is 0.690. The summed E-state index contributed by atoms with van der Waals surface area (Å²) in [5.41, 5.74) is 5.72. The van der Waals surface area contributed by atoms with Gasteiger partial charge < -0.3 is 10.5 Å². The lowest BCUT2D eigenvalue weighted by Gasteiger charge is -2.27. The number of methoxy groups -OCH3 is 1. The maximum Gasteiger partial charge on any atom is 0.0589 e. The molecule has 74 valence electrons. The quantitative estimate of drug-likeness (QED) is 0.644. The molecule has 0 rings (SSSR count). The van der Waals surface area contributed by atoms with E-state index in [1.54, 1.807) is 7.11 Å². The van der Waals surface area contributed by atoms with Crippen LogP contribution in [0.25, 0.3) is 0 Å².